The normalized spacial score (nSPS) is 12.0. The van der Waals surface area contributed by atoms with Crippen molar-refractivity contribution in [2.45, 2.75) is 0 Å². The van der Waals surface area contributed by atoms with Crippen LogP contribution in [0.15, 0.2) is 46.9 Å². The summed E-state index contributed by atoms with van der Waals surface area (Å²) in [4.78, 5) is 7.77. The van der Waals surface area contributed by atoms with Gasteiger partial charge in [-0.2, -0.15) is 5.10 Å². The summed E-state index contributed by atoms with van der Waals surface area (Å²) in [7, 11) is 0. The molecule has 2 aromatic rings. The SMILES string of the molecule is N/C(=N\N=C\c1ccc(F)cc1)c1cncc(Cl)n1. The zero-order chi connectivity index (χ0) is 13.7. The maximum Gasteiger partial charge on any atom is 0.173 e. The highest BCUT2D eigenvalue weighted by atomic mass is 35.5. The van der Waals surface area contributed by atoms with E-state index in [1.165, 1.54) is 30.7 Å². The fraction of sp³-hybridized carbons (Fsp3) is 0. The second-order valence-corrected chi connectivity index (χ2v) is 3.90. The highest BCUT2D eigenvalue weighted by molar-refractivity contribution is 6.29. The highest BCUT2D eigenvalue weighted by Crippen LogP contribution is 2.03. The number of nitrogens with two attached hydrogens (primary N) is 1. The molecule has 7 heteroatoms. The minimum atomic E-state index is -0.311. The Morgan fingerprint density at radius 1 is 1.26 bits per heavy atom. The average molecular weight is 278 g/mol. The van der Waals surface area contributed by atoms with Crippen LogP contribution in [0.4, 0.5) is 4.39 Å². The van der Waals surface area contributed by atoms with Gasteiger partial charge in [0.1, 0.15) is 16.7 Å². The van der Waals surface area contributed by atoms with Crippen molar-refractivity contribution in [2.75, 3.05) is 0 Å². The van der Waals surface area contributed by atoms with Crippen molar-refractivity contribution in [1.29, 1.82) is 0 Å². The summed E-state index contributed by atoms with van der Waals surface area (Å²) < 4.78 is 12.7. The second-order valence-electron chi connectivity index (χ2n) is 3.51. The zero-order valence-electron chi connectivity index (χ0n) is 9.66. The van der Waals surface area contributed by atoms with Gasteiger partial charge in [0.15, 0.2) is 5.84 Å². The number of benzene rings is 1. The molecule has 0 unspecified atom stereocenters. The van der Waals surface area contributed by atoms with E-state index in [1.807, 2.05) is 0 Å². The molecule has 0 aliphatic heterocycles. The number of nitrogens with zero attached hydrogens (tertiary/aromatic N) is 4. The van der Waals surface area contributed by atoms with E-state index in [1.54, 1.807) is 12.1 Å². The number of aromatic nitrogens is 2. The molecule has 1 aromatic carbocycles. The molecule has 5 nitrogen and oxygen atoms in total. The van der Waals surface area contributed by atoms with E-state index in [-0.39, 0.29) is 16.8 Å². The quantitative estimate of drug-likeness (QED) is 0.530. The fourth-order valence-electron chi connectivity index (χ4n) is 1.22. The molecule has 0 aliphatic rings. The van der Waals surface area contributed by atoms with Crippen molar-refractivity contribution >= 4 is 23.7 Å². The van der Waals surface area contributed by atoms with Crippen LogP contribution in [0.2, 0.25) is 5.15 Å². The third kappa shape index (κ3) is 3.82. The maximum absolute atomic E-state index is 12.7. The van der Waals surface area contributed by atoms with E-state index in [0.717, 1.165) is 0 Å². The molecule has 2 N–H and O–H groups in total. The first kappa shape index (κ1) is 13.1. The molecule has 1 aromatic heterocycles. The van der Waals surface area contributed by atoms with Gasteiger partial charge in [-0.25, -0.2) is 9.37 Å². The van der Waals surface area contributed by atoms with Gasteiger partial charge in [0.2, 0.25) is 0 Å². The Labute approximate surface area is 113 Å². The minimum Gasteiger partial charge on any atom is -0.380 e. The molecule has 2 rings (SSSR count). The standard InChI is InChI=1S/C12H9ClFN5/c13-11-7-16-6-10(18-11)12(15)19-17-5-8-1-3-9(14)4-2-8/h1-7H,(H2,15,19)/b17-5+. The van der Waals surface area contributed by atoms with Gasteiger partial charge in [-0.05, 0) is 17.7 Å². The molecule has 0 radical (unpaired) electrons. The third-order valence-corrected chi connectivity index (χ3v) is 2.29. The lowest BCUT2D eigenvalue weighted by molar-refractivity contribution is 0.628. The Kier molecular flexibility index (Phi) is 4.15. The Morgan fingerprint density at radius 2 is 2.00 bits per heavy atom. The second kappa shape index (κ2) is 6.01. The maximum atomic E-state index is 12.7. The van der Waals surface area contributed by atoms with E-state index in [2.05, 4.69) is 20.2 Å². The van der Waals surface area contributed by atoms with Crippen LogP contribution < -0.4 is 5.73 Å². The molecule has 0 spiro atoms. The van der Waals surface area contributed by atoms with E-state index >= 15 is 0 Å². The van der Waals surface area contributed by atoms with Crippen LogP contribution >= 0.6 is 11.6 Å². The summed E-state index contributed by atoms with van der Waals surface area (Å²) >= 11 is 5.68. The van der Waals surface area contributed by atoms with Gasteiger partial charge in [-0.3, -0.25) is 4.98 Å². The smallest absolute Gasteiger partial charge is 0.173 e. The summed E-state index contributed by atoms with van der Waals surface area (Å²) in [5, 5.41) is 7.76. The van der Waals surface area contributed by atoms with E-state index < -0.39 is 0 Å². The number of rotatable bonds is 3. The Bertz CT molecular complexity index is 624. The molecule has 19 heavy (non-hydrogen) atoms. The zero-order valence-corrected chi connectivity index (χ0v) is 10.4. The van der Waals surface area contributed by atoms with Gasteiger partial charge in [0, 0.05) is 0 Å². The molecule has 0 amide bonds. The van der Waals surface area contributed by atoms with Crippen molar-refractivity contribution < 1.29 is 4.39 Å². The summed E-state index contributed by atoms with van der Waals surface area (Å²) in [6, 6.07) is 5.81. The molecule has 0 bridgehead atoms. The Morgan fingerprint density at radius 3 is 2.68 bits per heavy atom. The molecule has 1 heterocycles. The lowest BCUT2D eigenvalue weighted by atomic mass is 10.2. The third-order valence-electron chi connectivity index (χ3n) is 2.11. The lowest BCUT2D eigenvalue weighted by Crippen LogP contribution is -2.15. The fourth-order valence-corrected chi connectivity index (χ4v) is 1.37. The van der Waals surface area contributed by atoms with Crippen molar-refractivity contribution in [2.24, 2.45) is 15.9 Å². The van der Waals surface area contributed by atoms with Gasteiger partial charge in [0.05, 0.1) is 18.6 Å². The van der Waals surface area contributed by atoms with Crippen molar-refractivity contribution in [3.8, 4) is 0 Å². The Hall–Kier alpha value is -2.34. The van der Waals surface area contributed by atoms with Gasteiger partial charge < -0.3 is 5.73 Å². The monoisotopic (exact) mass is 277 g/mol. The van der Waals surface area contributed by atoms with Crippen molar-refractivity contribution in [3.63, 3.8) is 0 Å². The first-order chi connectivity index (χ1) is 9.15. The van der Waals surface area contributed by atoms with Crippen LogP contribution in [0.25, 0.3) is 0 Å². The van der Waals surface area contributed by atoms with Crippen LogP contribution in [0.5, 0.6) is 0 Å². The van der Waals surface area contributed by atoms with Gasteiger partial charge in [0.25, 0.3) is 0 Å². The van der Waals surface area contributed by atoms with Crippen LogP contribution in [-0.4, -0.2) is 22.0 Å². The lowest BCUT2D eigenvalue weighted by Gasteiger charge is -1.96. The van der Waals surface area contributed by atoms with Gasteiger partial charge in [-0.1, -0.05) is 23.7 Å². The molecule has 96 valence electrons. The summed E-state index contributed by atoms with van der Waals surface area (Å²) in [6.07, 6.45) is 4.27. The van der Waals surface area contributed by atoms with Crippen molar-refractivity contribution in [3.05, 3.63) is 58.9 Å². The molecule has 0 aliphatic carbocycles. The van der Waals surface area contributed by atoms with Crippen LogP contribution in [0, 0.1) is 5.82 Å². The predicted octanol–water partition coefficient (Wildman–Crippen LogP) is 2.01. The average Bonchev–Trinajstić information content (AvgIpc) is 2.41. The summed E-state index contributed by atoms with van der Waals surface area (Å²) in [6.45, 7) is 0. The first-order valence-electron chi connectivity index (χ1n) is 5.25. The van der Waals surface area contributed by atoms with Crippen molar-refractivity contribution in [1.82, 2.24) is 9.97 Å². The number of hydrogen-bond donors (Lipinski definition) is 1. The van der Waals surface area contributed by atoms with E-state index in [0.29, 0.717) is 11.3 Å². The predicted molar refractivity (Wildman–Crippen MR) is 71.8 cm³/mol. The largest absolute Gasteiger partial charge is 0.380 e. The van der Waals surface area contributed by atoms with Crippen LogP contribution in [0.3, 0.4) is 0 Å². The van der Waals surface area contributed by atoms with Crippen LogP contribution in [0.1, 0.15) is 11.3 Å². The molecular formula is C12H9ClFN5. The number of halogens is 2. The van der Waals surface area contributed by atoms with Gasteiger partial charge in [-0.15, -0.1) is 5.10 Å². The highest BCUT2D eigenvalue weighted by Gasteiger charge is 2.01. The van der Waals surface area contributed by atoms with E-state index in [4.69, 9.17) is 17.3 Å². The molecule has 0 saturated heterocycles. The molecular weight excluding hydrogens is 269 g/mol. The summed E-state index contributed by atoms with van der Waals surface area (Å²) in [5.41, 5.74) is 6.71. The molecule has 0 saturated carbocycles. The number of amidine groups is 1. The van der Waals surface area contributed by atoms with Crippen LogP contribution in [-0.2, 0) is 0 Å². The molecule has 0 fully saturated rings. The topological polar surface area (TPSA) is 76.5 Å². The Balaban J connectivity index is 2.11. The first-order valence-corrected chi connectivity index (χ1v) is 5.63. The van der Waals surface area contributed by atoms with E-state index in [9.17, 15) is 4.39 Å². The van der Waals surface area contributed by atoms with Gasteiger partial charge >= 0.3 is 0 Å². The minimum absolute atomic E-state index is 0.0911. The number of hydrogen-bond acceptors (Lipinski definition) is 4. The molecule has 0 atom stereocenters. The summed E-state index contributed by atoms with van der Waals surface area (Å²) in [5.74, 6) is -0.220.